The van der Waals surface area contributed by atoms with Crippen molar-refractivity contribution in [1.82, 2.24) is 15.2 Å². The van der Waals surface area contributed by atoms with Crippen LogP contribution in [-0.2, 0) is 0 Å². The van der Waals surface area contributed by atoms with Crippen molar-refractivity contribution in [3.8, 4) is 0 Å². The van der Waals surface area contributed by atoms with Gasteiger partial charge in [-0.2, -0.15) is 0 Å². The number of likely N-dealkylation sites (tertiary alicyclic amines) is 1. The molecule has 19 heavy (non-hydrogen) atoms. The van der Waals surface area contributed by atoms with Crippen molar-refractivity contribution in [2.45, 2.75) is 19.4 Å². The third-order valence-electron chi connectivity index (χ3n) is 4.57. The summed E-state index contributed by atoms with van der Waals surface area (Å²) in [5, 5.41) is 3.43. The summed E-state index contributed by atoms with van der Waals surface area (Å²) < 4.78 is 0.769. The summed E-state index contributed by atoms with van der Waals surface area (Å²) >= 11 is 3.42. The predicted octanol–water partition coefficient (Wildman–Crippen LogP) is 1.91. The number of fused-ring (bicyclic) bond motifs is 1. The highest BCUT2D eigenvalue weighted by Gasteiger charge is 2.51. The number of carbonyl (C=O) groups is 1. The number of amides is 1. The van der Waals surface area contributed by atoms with Crippen LogP contribution in [0.5, 0.6) is 0 Å². The van der Waals surface area contributed by atoms with Crippen LogP contribution in [-0.4, -0.2) is 41.0 Å². The molecule has 102 valence electrons. The van der Waals surface area contributed by atoms with Crippen LogP contribution in [0.25, 0.3) is 0 Å². The second-order valence-corrected chi connectivity index (χ2v) is 6.78. The van der Waals surface area contributed by atoms with Gasteiger partial charge in [-0.15, -0.1) is 0 Å². The average molecular weight is 324 g/mol. The van der Waals surface area contributed by atoms with Crippen molar-refractivity contribution in [1.29, 1.82) is 0 Å². The molecule has 3 heterocycles. The van der Waals surface area contributed by atoms with Crippen molar-refractivity contribution in [3.63, 3.8) is 0 Å². The van der Waals surface area contributed by atoms with Gasteiger partial charge in [0.2, 0.25) is 0 Å². The van der Waals surface area contributed by atoms with E-state index in [0.717, 1.165) is 24.1 Å². The molecule has 2 aliphatic heterocycles. The fraction of sp³-hybridized carbons (Fsp3) is 0.571. The minimum atomic E-state index is -0.109. The summed E-state index contributed by atoms with van der Waals surface area (Å²) in [5.41, 5.74) is 0.408. The van der Waals surface area contributed by atoms with Gasteiger partial charge in [0.1, 0.15) is 5.69 Å². The minimum absolute atomic E-state index is 0.0341. The molecule has 0 aromatic carbocycles. The molecule has 1 N–H and O–H groups in total. The second kappa shape index (κ2) is 4.56. The van der Waals surface area contributed by atoms with E-state index < -0.39 is 0 Å². The maximum Gasteiger partial charge on any atom is 0.274 e. The number of rotatable bonds is 1. The van der Waals surface area contributed by atoms with Crippen molar-refractivity contribution >= 4 is 21.8 Å². The Morgan fingerprint density at radius 1 is 1.53 bits per heavy atom. The predicted molar refractivity (Wildman–Crippen MR) is 76.9 cm³/mol. The molecule has 2 unspecified atom stereocenters. The molecule has 4 nitrogen and oxygen atoms in total. The SMILES string of the molecule is CC1(C)C2CNCC2CN1C(=O)c1ncccc1Br. The molecule has 0 spiro atoms. The number of nitrogens with zero attached hydrogens (tertiary/aromatic N) is 2. The molecule has 2 atom stereocenters. The zero-order valence-corrected chi connectivity index (χ0v) is 12.8. The first-order valence-electron chi connectivity index (χ1n) is 6.65. The van der Waals surface area contributed by atoms with E-state index >= 15 is 0 Å². The van der Waals surface area contributed by atoms with Gasteiger partial charge in [-0.3, -0.25) is 4.79 Å². The van der Waals surface area contributed by atoms with Crippen LogP contribution in [0.15, 0.2) is 22.8 Å². The average Bonchev–Trinajstić information content (AvgIpc) is 2.92. The Bertz CT molecular complexity index is 517. The molecular weight excluding hydrogens is 306 g/mol. The van der Waals surface area contributed by atoms with Crippen LogP contribution < -0.4 is 5.32 Å². The maximum absolute atomic E-state index is 12.7. The topological polar surface area (TPSA) is 45.2 Å². The van der Waals surface area contributed by atoms with E-state index in [1.165, 1.54) is 0 Å². The molecule has 1 aromatic heterocycles. The summed E-state index contributed by atoms with van der Waals surface area (Å²) in [4.78, 5) is 19.0. The van der Waals surface area contributed by atoms with E-state index in [-0.39, 0.29) is 11.4 Å². The third kappa shape index (κ3) is 1.99. The van der Waals surface area contributed by atoms with Crippen molar-refractivity contribution in [2.75, 3.05) is 19.6 Å². The smallest absolute Gasteiger partial charge is 0.274 e. The van der Waals surface area contributed by atoms with Crippen molar-refractivity contribution in [2.24, 2.45) is 11.8 Å². The Labute approximate surface area is 121 Å². The normalized spacial score (nSPS) is 28.5. The molecule has 2 saturated heterocycles. The van der Waals surface area contributed by atoms with Crippen molar-refractivity contribution in [3.05, 3.63) is 28.5 Å². The highest BCUT2D eigenvalue weighted by molar-refractivity contribution is 9.10. The Morgan fingerprint density at radius 3 is 3.00 bits per heavy atom. The fourth-order valence-electron chi connectivity index (χ4n) is 3.44. The number of carbonyl (C=O) groups excluding carboxylic acids is 1. The quantitative estimate of drug-likeness (QED) is 0.858. The van der Waals surface area contributed by atoms with E-state index in [4.69, 9.17) is 0 Å². The van der Waals surface area contributed by atoms with Gasteiger partial charge in [-0.25, -0.2) is 4.98 Å². The van der Waals surface area contributed by atoms with E-state index in [0.29, 0.717) is 17.5 Å². The monoisotopic (exact) mass is 323 g/mol. The van der Waals surface area contributed by atoms with Gasteiger partial charge in [-0.1, -0.05) is 0 Å². The van der Waals surface area contributed by atoms with Gasteiger partial charge in [0.25, 0.3) is 5.91 Å². The number of halogens is 1. The highest BCUT2D eigenvalue weighted by atomic mass is 79.9. The molecule has 1 aromatic rings. The van der Waals surface area contributed by atoms with E-state index in [9.17, 15) is 4.79 Å². The number of pyridine rings is 1. The largest absolute Gasteiger partial charge is 0.331 e. The van der Waals surface area contributed by atoms with Crippen LogP contribution in [0.4, 0.5) is 0 Å². The number of hydrogen-bond acceptors (Lipinski definition) is 3. The van der Waals surface area contributed by atoms with Crippen LogP contribution in [0.2, 0.25) is 0 Å². The Balaban J connectivity index is 1.91. The van der Waals surface area contributed by atoms with E-state index in [2.05, 4.69) is 40.1 Å². The minimum Gasteiger partial charge on any atom is -0.331 e. The zero-order chi connectivity index (χ0) is 13.6. The Morgan fingerprint density at radius 2 is 2.32 bits per heavy atom. The van der Waals surface area contributed by atoms with E-state index in [1.54, 1.807) is 6.20 Å². The lowest BCUT2D eigenvalue weighted by Gasteiger charge is -2.35. The molecule has 2 aliphatic rings. The third-order valence-corrected chi connectivity index (χ3v) is 5.21. The molecule has 0 radical (unpaired) electrons. The summed E-state index contributed by atoms with van der Waals surface area (Å²) in [7, 11) is 0. The summed E-state index contributed by atoms with van der Waals surface area (Å²) in [6, 6.07) is 3.69. The standard InChI is InChI=1S/C14H18BrN3O/c1-14(2)10-7-16-6-9(10)8-18(14)13(19)12-11(15)4-3-5-17-12/h3-5,9-10,16H,6-8H2,1-2H3. The first-order valence-corrected chi connectivity index (χ1v) is 7.44. The molecule has 5 heteroatoms. The molecule has 3 rings (SSSR count). The maximum atomic E-state index is 12.7. The molecule has 2 fully saturated rings. The van der Waals surface area contributed by atoms with E-state index in [1.807, 2.05) is 17.0 Å². The summed E-state index contributed by atoms with van der Waals surface area (Å²) in [5.74, 6) is 1.15. The molecule has 0 saturated carbocycles. The molecule has 0 bridgehead atoms. The van der Waals surface area contributed by atoms with Crippen LogP contribution in [0, 0.1) is 11.8 Å². The van der Waals surface area contributed by atoms with Gasteiger partial charge in [0.05, 0.1) is 0 Å². The first-order chi connectivity index (χ1) is 9.01. The van der Waals surface area contributed by atoms with Gasteiger partial charge in [-0.05, 0) is 53.7 Å². The lowest BCUT2D eigenvalue weighted by Crippen LogP contribution is -2.47. The van der Waals surface area contributed by atoms with Gasteiger partial charge < -0.3 is 10.2 Å². The van der Waals surface area contributed by atoms with Gasteiger partial charge in [0, 0.05) is 35.8 Å². The second-order valence-electron chi connectivity index (χ2n) is 5.93. The summed E-state index contributed by atoms with van der Waals surface area (Å²) in [6.45, 7) is 7.18. The van der Waals surface area contributed by atoms with Crippen LogP contribution >= 0.6 is 15.9 Å². The Hall–Kier alpha value is -0.940. The fourth-order valence-corrected chi connectivity index (χ4v) is 3.86. The van der Waals surface area contributed by atoms with Crippen molar-refractivity contribution < 1.29 is 4.79 Å². The first kappa shape index (κ1) is 13.1. The van der Waals surface area contributed by atoms with Gasteiger partial charge >= 0.3 is 0 Å². The molecule has 1 amide bonds. The van der Waals surface area contributed by atoms with Crippen LogP contribution in [0.1, 0.15) is 24.3 Å². The highest BCUT2D eigenvalue weighted by Crippen LogP contribution is 2.41. The number of aromatic nitrogens is 1. The van der Waals surface area contributed by atoms with Crippen LogP contribution in [0.3, 0.4) is 0 Å². The summed E-state index contributed by atoms with van der Waals surface area (Å²) in [6.07, 6.45) is 1.67. The zero-order valence-electron chi connectivity index (χ0n) is 11.2. The Kier molecular flexibility index (Phi) is 3.14. The lowest BCUT2D eigenvalue weighted by molar-refractivity contribution is 0.0596. The number of nitrogens with one attached hydrogen (secondary N) is 1. The molecule has 0 aliphatic carbocycles. The molecular formula is C14H18BrN3O. The van der Waals surface area contributed by atoms with Gasteiger partial charge in [0.15, 0.2) is 0 Å². The lowest BCUT2D eigenvalue weighted by atomic mass is 9.85. The number of hydrogen-bond donors (Lipinski definition) is 1.